The number of carbonyl (C=O) groups excluding carboxylic acids is 3. The second kappa shape index (κ2) is 7.76. The third-order valence-corrected chi connectivity index (χ3v) is 3.36. The molecule has 6 nitrogen and oxygen atoms in total. The van der Waals surface area contributed by atoms with Gasteiger partial charge in [-0.2, -0.15) is 0 Å². The van der Waals surface area contributed by atoms with Crippen LogP contribution in [0.5, 0.6) is 0 Å². The zero-order chi connectivity index (χ0) is 14.3. The van der Waals surface area contributed by atoms with Gasteiger partial charge in [0.1, 0.15) is 0 Å². The maximum absolute atomic E-state index is 11.6. The number of nitrogens with two attached hydrogens (primary N) is 1. The van der Waals surface area contributed by atoms with Crippen LogP contribution in [0.2, 0.25) is 0 Å². The van der Waals surface area contributed by atoms with Gasteiger partial charge >= 0.3 is 5.97 Å². The summed E-state index contributed by atoms with van der Waals surface area (Å²) < 4.78 is 4.75. The van der Waals surface area contributed by atoms with E-state index in [9.17, 15) is 14.4 Å². The highest BCUT2D eigenvalue weighted by molar-refractivity contribution is 5.81. The summed E-state index contributed by atoms with van der Waals surface area (Å²) >= 11 is 0. The molecule has 0 saturated heterocycles. The Morgan fingerprint density at radius 3 is 2.32 bits per heavy atom. The molecule has 1 fully saturated rings. The highest BCUT2D eigenvalue weighted by Crippen LogP contribution is 2.23. The van der Waals surface area contributed by atoms with Gasteiger partial charge in [0.2, 0.25) is 11.8 Å². The van der Waals surface area contributed by atoms with Crippen molar-refractivity contribution in [3.05, 3.63) is 0 Å². The second-order valence-corrected chi connectivity index (χ2v) is 4.82. The normalized spacial score (nSPS) is 22.6. The number of amides is 2. The first-order valence-corrected chi connectivity index (χ1v) is 6.77. The Hall–Kier alpha value is -1.59. The van der Waals surface area contributed by atoms with Gasteiger partial charge in [0.25, 0.3) is 0 Å². The van der Waals surface area contributed by atoms with E-state index in [-0.39, 0.29) is 42.6 Å². The summed E-state index contributed by atoms with van der Waals surface area (Å²) in [7, 11) is 0. The van der Waals surface area contributed by atoms with Crippen LogP contribution in [-0.2, 0) is 19.1 Å². The van der Waals surface area contributed by atoms with Crippen molar-refractivity contribution in [2.45, 2.75) is 51.5 Å². The Kier molecular flexibility index (Phi) is 6.32. The highest BCUT2D eigenvalue weighted by Gasteiger charge is 2.25. The molecule has 1 aliphatic carbocycles. The van der Waals surface area contributed by atoms with Crippen LogP contribution >= 0.6 is 0 Å². The van der Waals surface area contributed by atoms with Crippen LogP contribution in [-0.4, -0.2) is 30.4 Å². The average Bonchev–Trinajstić information content (AvgIpc) is 2.37. The van der Waals surface area contributed by atoms with Gasteiger partial charge in [0.05, 0.1) is 13.0 Å². The summed E-state index contributed by atoms with van der Waals surface area (Å²) in [6, 6.07) is 0.0882. The molecule has 108 valence electrons. The number of ether oxygens (including phenoxy) is 1. The molecule has 1 saturated carbocycles. The lowest BCUT2D eigenvalue weighted by molar-refractivity contribution is -0.144. The number of primary amides is 1. The van der Waals surface area contributed by atoms with Crippen molar-refractivity contribution in [3.8, 4) is 0 Å². The average molecular weight is 270 g/mol. The third-order valence-electron chi connectivity index (χ3n) is 3.36. The Bertz CT molecular complexity index is 336. The highest BCUT2D eigenvalue weighted by atomic mass is 16.5. The Morgan fingerprint density at radius 2 is 1.79 bits per heavy atom. The number of carbonyl (C=O) groups is 3. The van der Waals surface area contributed by atoms with Gasteiger partial charge in [0, 0.05) is 18.4 Å². The Balaban J connectivity index is 2.20. The molecule has 0 aromatic rings. The lowest BCUT2D eigenvalue weighted by atomic mass is 9.85. The van der Waals surface area contributed by atoms with Crippen LogP contribution in [0, 0.1) is 5.92 Å². The number of nitrogens with one attached hydrogen (secondary N) is 1. The van der Waals surface area contributed by atoms with E-state index in [1.54, 1.807) is 6.92 Å². The maximum Gasteiger partial charge on any atom is 0.306 e. The molecular weight excluding hydrogens is 248 g/mol. The minimum atomic E-state index is -0.352. The minimum absolute atomic E-state index is 0.0623. The van der Waals surface area contributed by atoms with Crippen LogP contribution in [0.1, 0.15) is 45.4 Å². The molecule has 0 aliphatic heterocycles. The Labute approximate surface area is 113 Å². The van der Waals surface area contributed by atoms with Crippen molar-refractivity contribution < 1.29 is 19.1 Å². The fourth-order valence-corrected chi connectivity index (χ4v) is 2.27. The van der Waals surface area contributed by atoms with Gasteiger partial charge in [-0.15, -0.1) is 0 Å². The van der Waals surface area contributed by atoms with Crippen LogP contribution in [0.4, 0.5) is 0 Å². The van der Waals surface area contributed by atoms with Crippen LogP contribution in [0.3, 0.4) is 0 Å². The summed E-state index contributed by atoms with van der Waals surface area (Å²) in [6.07, 6.45) is 3.22. The van der Waals surface area contributed by atoms with E-state index < -0.39 is 0 Å². The topological polar surface area (TPSA) is 98.5 Å². The van der Waals surface area contributed by atoms with E-state index in [0.717, 1.165) is 25.7 Å². The van der Waals surface area contributed by atoms with Gasteiger partial charge in [0.15, 0.2) is 0 Å². The van der Waals surface area contributed by atoms with Crippen molar-refractivity contribution in [3.63, 3.8) is 0 Å². The number of hydrogen-bond donors (Lipinski definition) is 2. The van der Waals surface area contributed by atoms with Gasteiger partial charge in [-0.1, -0.05) is 0 Å². The first-order valence-electron chi connectivity index (χ1n) is 6.77. The third kappa shape index (κ3) is 5.72. The quantitative estimate of drug-likeness (QED) is 0.686. The fourth-order valence-electron chi connectivity index (χ4n) is 2.27. The second-order valence-electron chi connectivity index (χ2n) is 4.82. The monoisotopic (exact) mass is 270 g/mol. The number of rotatable bonds is 6. The zero-order valence-electron chi connectivity index (χ0n) is 11.3. The molecule has 0 heterocycles. The van der Waals surface area contributed by atoms with Crippen molar-refractivity contribution in [2.75, 3.05) is 6.61 Å². The summed E-state index contributed by atoms with van der Waals surface area (Å²) in [4.78, 5) is 33.7. The lowest BCUT2D eigenvalue weighted by Gasteiger charge is -2.27. The minimum Gasteiger partial charge on any atom is -0.466 e. The van der Waals surface area contributed by atoms with E-state index >= 15 is 0 Å². The van der Waals surface area contributed by atoms with Crippen LogP contribution in [0.15, 0.2) is 0 Å². The van der Waals surface area contributed by atoms with E-state index in [4.69, 9.17) is 10.5 Å². The maximum atomic E-state index is 11.6. The molecule has 0 spiro atoms. The molecule has 2 amide bonds. The lowest BCUT2D eigenvalue weighted by Crippen LogP contribution is -2.39. The molecule has 19 heavy (non-hydrogen) atoms. The van der Waals surface area contributed by atoms with E-state index in [1.165, 1.54) is 0 Å². The van der Waals surface area contributed by atoms with Crippen molar-refractivity contribution in [2.24, 2.45) is 11.7 Å². The molecule has 6 heteroatoms. The number of esters is 1. The SMILES string of the molecule is CCOC(=O)CCC(=O)NC1CCC(C(N)=O)CC1. The van der Waals surface area contributed by atoms with Crippen molar-refractivity contribution in [1.29, 1.82) is 0 Å². The molecule has 0 radical (unpaired) electrons. The van der Waals surface area contributed by atoms with Crippen LogP contribution < -0.4 is 11.1 Å². The van der Waals surface area contributed by atoms with Gasteiger partial charge in [-0.05, 0) is 32.6 Å². The van der Waals surface area contributed by atoms with E-state index in [2.05, 4.69) is 5.32 Å². The van der Waals surface area contributed by atoms with Crippen molar-refractivity contribution in [1.82, 2.24) is 5.32 Å². The molecule has 0 atom stereocenters. The van der Waals surface area contributed by atoms with Gasteiger partial charge in [-0.3, -0.25) is 14.4 Å². The van der Waals surface area contributed by atoms with Gasteiger partial charge < -0.3 is 15.8 Å². The number of hydrogen-bond acceptors (Lipinski definition) is 4. The summed E-state index contributed by atoms with van der Waals surface area (Å²) in [5, 5.41) is 2.88. The predicted octanol–water partition coefficient (Wildman–Crippen LogP) is 0.490. The molecule has 0 unspecified atom stereocenters. The van der Waals surface area contributed by atoms with E-state index in [0.29, 0.717) is 6.61 Å². The molecule has 0 aromatic heterocycles. The van der Waals surface area contributed by atoms with Gasteiger partial charge in [-0.25, -0.2) is 0 Å². The molecular formula is C13H22N2O4. The van der Waals surface area contributed by atoms with Crippen LogP contribution in [0.25, 0.3) is 0 Å². The molecule has 1 aliphatic rings. The Morgan fingerprint density at radius 1 is 1.16 bits per heavy atom. The summed E-state index contributed by atoms with van der Waals surface area (Å²) in [5.74, 6) is -0.814. The van der Waals surface area contributed by atoms with Crippen molar-refractivity contribution >= 4 is 17.8 Å². The molecule has 0 bridgehead atoms. The zero-order valence-corrected chi connectivity index (χ0v) is 11.3. The first kappa shape index (κ1) is 15.5. The predicted molar refractivity (Wildman–Crippen MR) is 69.0 cm³/mol. The smallest absolute Gasteiger partial charge is 0.306 e. The largest absolute Gasteiger partial charge is 0.466 e. The summed E-state index contributed by atoms with van der Waals surface area (Å²) in [5.41, 5.74) is 5.25. The molecule has 0 aromatic carbocycles. The first-order chi connectivity index (χ1) is 9.02. The van der Waals surface area contributed by atoms with E-state index in [1.807, 2.05) is 0 Å². The standard InChI is InChI=1S/C13H22N2O4/c1-2-19-12(17)8-7-11(16)15-10-5-3-9(4-6-10)13(14)18/h9-10H,2-8H2,1H3,(H2,14,18)(H,15,16). The summed E-state index contributed by atoms with van der Waals surface area (Å²) in [6.45, 7) is 2.06. The molecule has 3 N–H and O–H groups in total. The fraction of sp³-hybridized carbons (Fsp3) is 0.769. The molecule has 1 rings (SSSR count).